The van der Waals surface area contributed by atoms with E-state index in [9.17, 15) is 9.59 Å². The predicted molar refractivity (Wildman–Crippen MR) is 84.5 cm³/mol. The first-order valence-corrected chi connectivity index (χ1v) is 7.22. The molecule has 0 unspecified atom stereocenters. The van der Waals surface area contributed by atoms with Crippen LogP contribution in [0, 0.1) is 0 Å². The maximum Gasteiger partial charge on any atom is 0.335 e. The highest BCUT2D eigenvalue weighted by molar-refractivity contribution is 9.10. The monoisotopic (exact) mass is 347 g/mol. The molecule has 0 saturated heterocycles. The van der Waals surface area contributed by atoms with Gasteiger partial charge in [0.15, 0.2) is 0 Å². The van der Waals surface area contributed by atoms with Crippen LogP contribution in [0.2, 0.25) is 0 Å². The second kappa shape index (κ2) is 7.04. The van der Waals surface area contributed by atoms with Crippen LogP contribution in [0.1, 0.15) is 22.3 Å². The van der Waals surface area contributed by atoms with Crippen molar-refractivity contribution >= 4 is 33.5 Å². The summed E-state index contributed by atoms with van der Waals surface area (Å²) in [6.45, 7) is 0. The average molecular weight is 348 g/mol. The summed E-state index contributed by atoms with van der Waals surface area (Å²) in [4.78, 5) is 22.7. The Morgan fingerprint density at radius 1 is 1.10 bits per heavy atom. The lowest BCUT2D eigenvalue weighted by Gasteiger charge is -2.08. The Morgan fingerprint density at radius 2 is 1.81 bits per heavy atom. The van der Waals surface area contributed by atoms with Crippen LogP contribution >= 0.6 is 15.9 Å². The predicted octanol–water partition coefficient (Wildman–Crippen LogP) is 3.72. The number of carbonyl (C=O) groups is 2. The lowest BCUT2D eigenvalue weighted by molar-refractivity contribution is -0.116. The molecule has 0 bridgehead atoms. The third-order valence-corrected chi connectivity index (χ3v) is 3.63. The lowest BCUT2D eigenvalue weighted by atomic mass is 10.1. The van der Waals surface area contributed by atoms with E-state index in [-0.39, 0.29) is 11.5 Å². The van der Waals surface area contributed by atoms with Gasteiger partial charge in [0.2, 0.25) is 5.91 Å². The normalized spacial score (nSPS) is 10.1. The smallest absolute Gasteiger partial charge is 0.335 e. The summed E-state index contributed by atoms with van der Waals surface area (Å²) in [7, 11) is 0. The van der Waals surface area contributed by atoms with Gasteiger partial charge in [-0.3, -0.25) is 4.79 Å². The molecule has 0 aliphatic heterocycles. The number of nitrogens with one attached hydrogen (secondary N) is 1. The fourth-order valence-corrected chi connectivity index (χ4v) is 2.34. The van der Waals surface area contributed by atoms with Gasteiger partial charge in [0, 0.05) is 10.9 Å². The van der Waals surface area contributed by atoms with Gasteiger partial charge in [-0.2, -0.15) is 0 Å². The number of aromatic carboxylic acids is 1. The van der Waals surface area contributed by atoms with Gasteiger partial charge in [0.25, 0.3) is 0 Å². The number of carboxylic acids is 1. The van der Waals surface area contributed by atoms with Crippen LogP contribution in [-0.4, -0.2) is 17.0 Å². The topological polar surface area (TPSA) is 66.4 Å². The van der Waals surface area contributed by atoms with E-state index < -0.39 is 5.97 Å². The van der Waals surface area contributed by atoms with Crippen molar-refractivity contribution in [3.8, 4) is 0 Å². The molecule has 0 radical (unpaired) electrons. The summed E-state index contributed by atoms with van der Waals surface area (Å²) >= 11 is 3.26. The van der Waals surface area contributed by atoms with E-state index in [1.165, 1.54) is 12.1 Å². The van der Waals surface area contributed by atoms with E-state index in [0.717, 1.165) is 5.56 Å². The fraction of sp³-hybridized carbons (Fsp3) is 0.125. The molecule has 2 N–H and O–H groups in total. The van der Waals surface area contributed by atoms with E-state index in [0.29, 0.717) is 23.0 Å². The molecule has 2 rings (SSSR count). The molecular weight excluding hydrogens is 334 g/mol. The van der Waals surface area contributed by atoms with Crippen molar-refractivity contribution in [1.82, 2.24) is 0 Å². The average Bonchev–Trinajstić information content (AvgIpc) is 2.48. The standard InChI is InChI=1S/C16H14BrNO3/c17-13-10-12(16(20)21)7-8-14(13)18-15(19)9-6-11-4-2-1-3-5-11/h1-5,7-8,10H,6,9H2,(H,18,19)(H,20,21). The number of hydrogen-bond acceptors (Lipinski definition) is 2. The zero-order chi connectivity index (χ0) is 15.2. The molecule has 1 amide bonds. The third kappa shape index (κ3) is 4.43. The van der Waals surface area contributed by atoms with Crippen molar-refractivity contribution in [2.24, 2.45) is 0 Å². The Balaban J connectivity index is 1.95. The molecular formula is C16H14BrNO3. The largest absolute Gasteiger partial charge is 0.478 e. The number of rotatable bonds is 5. The molecule has 0 atom stereocenters. The minimum Gasteiger partial charge on any atom is -0.478 e. The van der Waals surface area contributed by atoms with Crippen molar-refractivity contribution in [3.63, 3.8) is 0 Å². The Hall–Kier alpha value is -2.14. The number of carboxylic acid groups (broad SMARTS) is 1. The minimum absolute atomic E-state index is 0.109. The second-order valence-electron chi connectivity index (χ2n) is 4.53. The molecule has 21 heavy (non-hydrogen) atoms. The SMILES string of the molecule is O=C(CCc1ccccc1)Nc1ccc(C(=O)O)cc1Br. The number of halogens is 1. The van der Waals surface area contributed by atoms with E-state index in [4.69, 9.17) is 5.11 Å². The maximum absolute atomic E-state index is 11.9. The van der Waals surface area contributed by atoms with Crippen molar-refractivity contribution in [3.05, 3.63) is 64.1 Å². The highest BCUT2D eigenvalue weighted by Crippen LogP contribution is 2.24. The molecule has 0 heterocycles. The third-order valence-electron chi connectivity index (χ3n) is 2.97. The van der Waals surface area contributed by atoms with Crippen molar-refractivity contribution in [2.75, 3.05) is 5.32 Å². The Labute approximate surface area is 130 Å². The molecule has 5 heteroatoms. The van der Waals surface area contributed by atoms with Gasteiger partial charge < -0.3 is 10.4 Å². The molecule has 0 saturated carbocycles. The molecule has 2 aromatic rings. The molecule has 108 valence electrons. The molecule has 0 fully saturated rings. The number of benzene rings is 2. The molecule has 0 aliphatic rings. The van der Waals surface area contributed by atoms with Crippen LogP contribution in [0.5, 0.6) is 0 Å². The van der Waals surface area contributed by atoms with E-state index in [1.807, 2.05) is 30.3 Å². The van der Waals surface area contributed by atoms with Crippen LogP contribution in [0.3, 0.4) is 0 Å². The molecule has 0 aliphatic carbocycles. The van der Waals surface area contributed by atoms with Crippen LogP contribution in [0.25, 0.3) is 0 Å². The first kappa shape index (κ1) is 15.3. The molecule has 0 aromatic heterocycles. The zero-order valence-electron chi connectivity index (χ0n) is 11.2. The van der Waals surface area contributed by atoms with Crippen molar-refractivity contribution in [2.45, 2.75) is 12.8 Å². The maximum atomic E-state index is 11.9. The first-order valence-electron chi connectivity index (χ1n) is 6.43. The van der Waals surface area contributed by atoms with Gasteiger partial charge in [0.1, 0.15) is 0 Å². The van der Waals surface area contributed by atoms with E-state index in [1.54, 1.807) is 6.07 Å². The Bertz CT molecular complexity index is 656. The quantitative estimate of drug-likeness (QED) is 0.866. The molecule has 4 nitrogen and oxygen atoms in total. The van der Waals surface area contributed by atoms with Gasteiger partial charge in [-0.15, -0.1) is 0 Å². The molecule has 0 spiro atoms. The van der Waals surface area contributed by atoms with E-state index >= 15 is 0 Å². The van der Waals surface area contributed by atoms with Crippen LogP contribution in [-0.2, 0) is 11.2 Å². The summed E-state index contributed by atoms with van der Waals surface area (Å²) in [5, 5.41) is 11.7. The van der Waals surface area contributed by atoms with Crippen molar-refractivity contribution in [1.29, 1.82) is 0 Å². The summed E-state index contributed by atoms with van der Waals surface area (Å²) in [5.41, 5.74) is 1.84. The second-order valence-corrected chi connectivity index (χ2v) is 5.39. The number of anilines is 1. The fourth-order valence-electron chi connectivity index (χ4n) is 1.86. The summed E-state index contributed by atoms with van der Waals surface area (Å²) in [5.74, 6) is -1.11. The number of amides is 1. The van der Waals surface area contributed by atoms with Gasteiger partial charge in [-0.1, -0.05) is 30.3 Å². The van der Waals surface area contributed by atoms with Gasteiger partial charge >= 0.3 is 5.97 Å². The van der Waals surface area contributed by atoms with Gasteiger partial charge in [-0.05, 0) is 46.1 Å². The van der Waals surface area contributed by atoms with Gasteiger partial charge in [-0.25, -0.2) is 4.79 Å². The van der Waals surface area contributed by atoms with E-state index in [2.05, 4.69) is 21.2 Å². The van der Waals surface area contributed by atoms with Crippen molar-refractivity contribution < 1.29 is 14.7 Å². The highest BCUT2D eigenvalue weighted by Gasteiger charge is 2.09. The summed E-state index contributed by atoms with van der Waals surface area (Å²) in [6, 6.07) is 14.3. The first-order chi connectivity index (χ1) is 10.1. The molecule has 2 aromatic carbocycles. The van der Waals surface area contributed by atoms with Crippen LogP contribution in [0.15, 0.2) is 53.0 Å². The highest BCUT2D eigenvalue weighted by atomic mass is 79.9. The lowest BCUT2D eigenvalue weighted by Crippen LogP contribution is -2.13. The summed E-state index contributed by atoms with van der Waals surface area (Å²) in [6.07, 6.45) is 1.04. The number of carbonyl (C=O) groups excluding carboxylic acids is 1. The number of hydrogen-bond donors (Lipinski definition) is 2. The van der Waals surface area contributed by atoms with Crippen LogP contribution in [0.4, 0.5) is 5.69 Å². The van der Waals surface area contributed by atoms with Gasteiger partial charge in [0.05, 0.1) is 11.3 Å². The number of aryl methyl sites for hydroxylation is 1. The Morgan fingerprint density at radius 3 is 2.43 bits per heavy atom. The van der Waals surface area contributed by atoms with Crippen LogP contribution < -0.4 is 5.32 Å². The Kier molecular flexibility index (Phi) is 5.11. The summed E-state index contributed by atoms with van der Waals surface area (Å²) < 4.78 is 0.551. The minimum atomic E-state index is -1.00. The zero-order valence-corrected chi connectivity index (χ0v) is 12.8.